The van der Waals surface area contributed by atoms with Crippen LogP contribution in [0.15, 0.2) is 48.5 Å². The van der Waals surface area contributed by atoms with E-state index in [-0.39, 0.29) is 40.5 Å². The Bertz CT molecular complexity index is 1980. The Morgan fingerprint density at radius 2 is 1.53 bits per heavy atom. The maximum absolute atomic E-state index is 15.1. The Labute approximate surface area is 276 Å². The third kappa shape index (κ3) is 7.17. The van der Waals surface area contributed by atoms with Crippen LogP contribution in [-0.2, 0) is 12.4 Å². The van der Waals surface area contributed by atoms with Gasteiger partial charge in [-0.1, -0.05) is 6.07 Å². The normalized spacial score (nSPS) is 14.1. The Balaban J connectivity index is 1.53. The summed E-state index contributed by atoms with van der Waals surface area (Å²) in [6, 6.07) is 5.66. The fraction of sp³-hybridized carbons (Fsp3) is 0.281. The van der Waals surface area contributed by atoms with E-state index in [2.05, 4.69) is 10.6 Å². The largest absolute Gasteiger partial charge is 0.496 e. The minimum Gasteiger partial charge on any atom is -0.496 e. The molecular weight excluding hydrogens is 690 g/mol. The summed E-state index contributed by atoms with van der Waals surface area (Å²) < 4.78 is 114. The number of halogens is 8. The lowest BCUT2D eigenvalue weighted by atomic mass is 9.84. The molecule has 0 saturated carbocycles. The van der Waals surface area contributed by atoms with Crippen molar-refractivity contribution in [3.8, 4) is 5.75 Å². The number of amides is 3. The first-order valence-electron chi connectivity index (χ1n) is 14.2. The molecule has 1 saturated heterocycles. The van der Waals surface area contributed by atoms with Crippen molar-refractivity contribution >= 4 is 50.5 Å². The molecule has 0 atom stereocenters. The van der Waals surface area contributed by atoms with Crippen LogP contribution in [-0.4, -0.2) is 53.5 Å². The molecule has 3 N–H and O–H groups in total. The second-order valence-corrected chi connectivity index (χ2v) is 12.8. The molecule has 17 heteroatoms. The first-order chi connectivity index (χ1) is 22.7. The van der Waals surface area contributed by atoms with E-state index in [0.29, 0.717) is 35.6 Å². The van der Waals surface area contributed by atoms with E-state index in [4.69, 9.17) is 4.74 Å². The van der Waals surface area contributed by atoms with Crippen LogP contribution in [0.3, 0.4) is 0 Å². The van der Waals surface area contributed by atoms with Gasteiger partial charge in [0.15, 0.2) is 0 Å². The molecule has 1 aromatic heterocycles. The molecular formula is C32H25F8N3O5S. The van der Waals surface area contributed by atoms with Gasteiger partial charge in [-0.05, 0) is 50.2 Å². The highest BCUT2D eigenvalue weighted by molar-refractivity contribution is 7.21. The van der Waals surface area contributed by atoms with Crippen molar-refractivity contribution in [2.45, 2.75) is 31.8 Å². The predicted molar refractivity (Wildman–Crippen MR) is 163 cm³/mol. The van der Waals surface area contributed by atoms with E-state index >= 15 is 4.39 Å². The van der Waals surface area contributed by atoms with Gasteiger partial charge in [0, 0.05) is 40.8 Å². The zero-order valence-electron chi connectivity index (χ0n) is 25.6. The Morgan fingerprint density at radius 3 is 2.12 bits per heavy atom. The number of thiophene rings is 1. The molecule has 0 spiro atoms. The number of ether oxygens (including phenoxy) is 1. The first-order valence-corrected chi connectivity index (χ1v) is 15.0. The minimum absolute atomic E-state index is 0.0674. The number of fused-ring (bicyclic) bond motifs is 1. The van der Waals surface area contributed by atoms with Crippen molar-refractivity contribution < 1.29 is 59.4 Å². The summed E-state index contributed by atoms with van der Waals surface area (Å²) >= 11 is 0.473. The summed E-state index contributed by atoms with van der Waals surface area (Å²) in [5.74, 6) is -6.33. The molecule has 5 rings (SSSR count). The zero-order chi connectivity index (χ0) is 36.2. The molecule has 0 bridgehead atoms. The van der Waals surface area contributed by atoms with Gasteiger partial charge >= 0.3 is 12.4 Å². The van der Waals surface area contributed by atoms with Crippen molar-refractivity contribution in [3.63, 3.8) is 0 Å². The van der Waals surface area contributed by atoms with Crippen LogP contribution < -0.4 is 15.4 Å². The lowest BCUT2D eigenvalue weighted by Gasteiger charge is -2.45. The average Bonchev–Trinajstić information content (AvgIpc) is 3.32. The van der Waals surface area contributed by atoms with Crippen LogP contribution in [0.25, 0.3) is 10.1 Å². The molecule has 2 heterocycles. The molecule has 3 amide bonds. The van der Waals surface area contributed by atoms with Gasteiger partial charge in [-0.25, -0.2) is 8.78 Å². The van der Waals surface area contributed by atoms with Crippen molar-refractivity contribution in [2.75, 3.05) is 30.8 Å². The number of carbonyl (C=O) groups is 3. The molecule has 3 aromatic carbocycles. The predicted octanol–water partition coefficient (Wildman–Crippen LogP) is 7.57. The van der Waals surface area contributed by atoms with Crippen LogP contribution in [0.5, 0.6) is 5.75 Å². The number of carbonyl (C=O) groups excluding carboxylic acids is 3. The molecule has 260 valence electrons. The maximum Gasteiger partial charge on any atom is 0.419 e. The third-order valence-corrected chi connectivity index (χ3v) is 9.08. The number of benzene rings is 3. The molecule has 0 radical (unpaired) electrons. The number of anilines is 2. The molecule has 0 aliphatic carbocycles. The number of rotatable bonds is 7. The Morgan fingerprint density at radius 1 is 0.857 bits per heavy atom. The van der Waals surface area contributed by atoms with E-state index in [1.807, 2.05) is 0 Å². The van der Waals surface area contributed by atoms with Gasteiger partial charge in [0.25, 0.3) is 17.7 Å². The second kappa shape index (κ2) is 12.6. The highest BCUT2D eigenvalue weighted by atomic mass is 32.1. The number of methoxy groups -OCH3 is 1. The number of nitrogens with one attached hydrogen (secondary N) is 2. The molecule has 1 fully saturated rings. The monoisotopic (exact) mass is 715 g/mol. The number of hydrogen-bond acceptors (Lipinski definition) is 6. The summed E-state index contributed by atoms with van der Waals surface area (Å²) in [7, 11) is 1.10. The van der Waals surface area contributed by atoms with Crippen molar-refractivity contribution in [2.24, 2.45) is 5.92 Å². The fourth-order valence-corrected chi connectivity index (χ4v) is 6.17. The lowest BCUT2D eigenvalue weighted by molar-refractivity contribution is -0.140. The van der Waals surface area contributed by atoms with Gasteiger partial charge < -0.3 is 25.4 Å². The standard InChI is InChI=1S/C32H25F8N3O5S/c1-30(2,47)15-12-43(13-15)29(46)18-10-19(23(48-3)11-22(18)34)27(44)42-25-17-6-4-14(31(35,36)37)8-24(17)49-26(25)28(45)41-16-5-7-21(33)20(9-16)32(38,39)40/h4-11,15,47H,12-13H2,1-3H3,(H,41,45)(H,42,44). The van der Waals surface area contributed by atoms with Gasteiger partial charge in [0.2, 0.25) is 0 Å². The smallest absolute Gasteiger partial charge is 0.419 e. The van der Waals surface area contributed by atoms with Crippen LogP contribution in [0, 0.1) is 17.6 Å². The van der Waals surface area contributed by atoms with E-state index in [1.54, 1.807) is 13.8 Å². The fourth-order valence-electron chi connectivity index (χ4n) is 5.07. The lowest BCUT2D eigenvalue weighted by Crippen LogP contribution is -2.57. The van der Waals surface area contributed by atoms with Crippen LogP contribution in [0.2, 0.25) is 0 Å². The van der Waals surface area contributed by atoms with Gasteiger partial charge in [0.1, 0.15) is 22.3 Å². The SMILES string of the molecule is COc1cc(F)c(C(=O)N2CC(C(C)(C)O)C2)cc1C(=O)Nc1c(C(=O)Nc2ccc(F)c(C(F)(F)F)c2)sc2cc(C(F)(F)F)ccc12. The number of aliphatic hydroxyl groups is 1. The van der Waals surface area contributed by atoms with Gasteiger partial charge in [-0.2, -0.15) is 26.3 Å². The Kier molecular flexibility index (Phi) is 9.14. The van der Waals surface area contributed by atoms with Crippen LogP contribution in [0.4, 0.5) is 46.5 Å². The third-order valence-electron chi connectivity index (χ3n) is 7.92. The molecule has 1 aliphatic rings. The summed E-state index contributed by atoms with van der Waals surface area (Å²) in [4.78, 5) is 41.0. The number of nitrogens with zero attached hydrogens (tertiary/aromatic N) is 1. The van der Waals surface area contributed by atoms with Gasteiger partial charge in [-0.3, -0.25) is 14.4 Å². The molecule has 8 nitrogen and oxygen atoms in total. The summed E-state index contributed by atoms with van der Waals surface area (Å²) in [6.07, 6.45) is -9.91. The van der Waals surface area contributed by atoms with Crippen molar-refractivity contribution in [3.05, 3.63) is 87.3 Å². The number of hydrogen-bond donors (Lipinski definition) is 3. The second-order valence-electron chi connectivity index (χ2n) is 11.7. The van der Waals surface area contributed by atoms with Crippen LogP contribution in [0.1, 0.15) is 55.4 Å². The van der Waals surface area contributed by atoms with Crippen molar-refractivity contribution in [1.29, 1.82) is 0 Å². The number of likely N-dealkylation sites (tertiary alicyclic amines) is 1. The summed E-state index contributed by atoms with van der Waals surface area (Å²) in [5.41, 5.74) is -5.69. The van der Waals surface area contributed by atoms with E-state index < -0.39 is 80.1 Å². The van der Waals surface area contributed by atoms with E-state index in [0.717, 1.165) is 31.4 Å². The highest BCUT2D eigenvalue weighted by Crippen LogP contribution is 2.41. The minimum atomic E-state index is -5.11. The number of alkyl halides is 6. The summed E-state index contributed by atoms with van der Waals surface area (Å²) in [6.45, 7) is 3.32. The van der Waals surface area contributed by atoms with Gasteiger partial charge in [-0.15, -0.1) is 11.3 Å². The van der Waals surface area contributed by atoms with Gasteiger partial charge in [0.05, 0.1) is 40.7 Å². The Hall–Kier alpha value is -4.77. The van der Waals surface area contributed by atoms with E-state index in [1.165, 1.54) is 4.90 Å². The quantitative estimate of drug-likeness (QED) is 0.171. The molecule has 0 unspecified atom stereocenters. The highest BCUT2D eigenvalue weighted by Gasteiger charge is 2.41. The summed E-state index contributed by atoms with van der Waals surface area (Å²) in [5, 5.41) is 14.6. The average molecular weight is 716 g/mol. The van der Waals surface area contributed by atoms with Crippen LogP contribution >= 0.6 is 11.3 Å². The van der Waals surface area contributed by atoms with Crippen molar-refractivity contribution in [1.82, 2.24) is 4.90 Å². The zero-order valence-corrected chi connectivity index (χ0v) is 26.4. The topological polar surface area (TPSA) is 108 Å². The molecule has 49 heavy (non-hydrogen) atoms. The molecule has 4 aromatic rings. The molecule has 1 aliphatic heterocycles. The van der Waals surface area contributed by atoms with E-state index in [9.17, 15) is 50.2 Å². The maximum atomic E-state index is 15.1. The first kappa shape index (κ1) is 35.5.